The molecule has 2 aromatic heterocycles. The third-order valence-electron chi connectivity index (χ3n) is 3.78. The number of benzene rings is 1. The molecule has 0 atom stereocenters. The summed E-state index contributed by atoms with van der Waals surface area (Å²) >= 11 is 0. The van der Waals surface area contributed by atoms with Crippen molar-refractivity contribution in [1.29, 1.82) is 0 Å². The first-order valence-electron chi connectivity index (χ1n) is 7.49. The molecule has 0 aliphatic carbocycles. The Hall–Kier alpha value is -2.67. The van der Waals surface area contributed by atoms with Gasteiger partial charge in [0.05, 0.1) is 22.9 Å². The standard InChI is InChI=1S/C17H17N3O3S/c1-3-20(24(22,23)16-6-4-13(2)5-7-16)17(21)14-8-9-19-12-18-11-15(19)10-14/h4-12H,3H2,1-2H3. The van der Waals surface area contributed by atoms with Gasteiger partial charge in [-0.2, -0.15) is 0 Å². The largest absolute Gasteiger partial charge is 0.306 e. The van der Waals surface area contributed by atoms with Gasteiger partial charge in [-0.3, -0.25) is 4.79 Å². The molecule has 1 amide bonds. The van der Waals surface area contributed by atoms with Gasteiger partial charge in [-0.25, -0.2) is 17.7 Å². The highest BCUT2D eigenvalue weighted by molar-refractivity contribution is 7.89. The van der Waals surface area contributed by atoms with Crippen LogP contribution in [0.2, 0.25) is 0 Å². The number of aromatic nitrogens is 2. The predicted molar refractivity (Wildman–Crippen MR) is 90.3 cm³/mol. The molecule has 0 spiro atoms. The van der Waals surface area contributed by atoms with Crippen molar-refractivity contribution in [3.8, 4) is 0 Å². The van der Waals surface area contributed by atoms with E-state index in [-0.39, 0.29) is 11.4 Å². The zero-order valence-corrected chi connectivity index (χ0v) is 14.2. The van der Waals surface area contributed by atoms with Gasteiger partial charge < -0.3 is 4.40 Å². The van der Waals surface area contributed by atoms with Crippen molar-refractivity contribution in [3.05, 3.63) is 66.2 Å². The number of pyridine rings is 1. The van der Waals surface area contributed by atoms with Gasteiger partial charge in [0.15, 0.2) is 0 Å². The second-order valence-corrected chi connectivity index (χ2v) is 7.29. The summed E-state index contributed by atoms with van der Waals surface area (Å²) < 4.78 is 28.2. The molecular formula is C17H17N3O3S. The van der Waals surface area contributed by atoms with Crippen LogP contribution in [0.5, 0.6) is 0 Å². The fourth-order valence-electron chi connectivity index (χ4n) is 2.46. The lowest BCUT2D eigenvalue weighted by Gasteiger charge is -2.21. The Balaban J connectivity index is 2.00. The average Bonchev–Trinajstić information content (AvgIpc) is 3.03. The topological polar surface area (TPSA) is 71.8 Å². The Morgan fingerprint density at radius 1 is 1.21 bits per heavy atom. The maximum atomic E-state index is 12.8. The van der Waals surface area contributed by atoms with E-state index >= 15 is 0 Å². The molecule has 0 aliphatic rings. The summed E-state index contributed by atoms with van der Waals surface area (Å²) in [7, 11) is -3.89. The number of sulfonamides is 1. The Morgan fingerprint density at radius 2 is 1.92 bits per heavy atom. The van der Waals surface area contributed by atoms with Gasteiger partial charge >= 0.3 is 0 Å². The average molecular weight is 343 g/mol. The van der Waals surface area contributed by atoms with Crippen LogP contribution in [0.25, 0.3) is 5.52 Å². The maximum Gasteiger partial charge on any atom is 0.267 e. The van der Waals surface area contributed by atoms with E-state index in [1.165, 1.54) is 12.1 Å². The lowest BCUT2D eigenvalue weighted by atomic mass is 10.2. The minimum Gasteiger partial charge on any atom is -0.306 e. The van der Waals surface area contributed by atoms with Crippen LogP contribution in [0.3, 0.4) is 0 Å². The van der Waals surface area contributed by atoms with Crippen molar-refractivity contribution >= 4 is 21.4 Å². The van der Waals surface area contributed by atoms with Crippen LogP contribution in [0, 0.1) is 6.92 Å². The van der Waals surface area contributed by atoms with Crippen LogP contribution in [0.1, 0.15) is 22.8 Å². The zero-order valence-electron chi connectivity index (χ0n) is 13.4. The van der Waals surface area contributed by atoms with E-state index < -0.39 is 15.9 Å². The third-order valence-corrected chi connectivity index (χ3v) is 5.66. The second-order valence-electron chi connectivity index (χ2n) is 5.43. The fourth-order valence-corrected chi connectivity index (χ4v) is 3.85. The van der Waals surface area contributed by atoms with Crippen molar-refractivity contribution in [1.82, 2.24) is 13.7 Å². The van der Waals surface area contributed by atoms with Crippen LogP contribution < -0.4 is 0 Å². The Morgan fingerprint density at radius 3 is 2.58 bits per heavy atom. The summed E-state index contributed by atoms with van der Waals surface area (Å²) in [6.45, 7) is 3.57. The molecule has 3 rings (SSSR count). The molecule has 0 saturated carbocycles. The van der Waals surface area contributed by atoms with Crippen LogP contribution in [-0.2, 0) is 10.0 Å². The van der Waals surface area contributed by atoms with Crippen molar-refractivity contribution in [2.24, 2.45) is 0 Å². The van der Waals surface area contributed by atoms with Gasteiger partial charge in [0.1, 0.15) is 0 Å². The van der Waals surface area contributed by atoms with Gasteiger partial charge in [-0.1, -0.05) is 17.7 Å². The van der Waals surface area contributed by atoms with Crippen molar-refractivity contribution in [3.63, 3.8) is 0 Å². The summed E-state index contributed by atoms with van der Waals surface area (Å²) in [4.78, 5) is 16.8. The third kappa shape index (κ3) is 2.78. The second kappa shape index (κ2) is 6.09. The Kier molecular flexibility index (Phi) is 4.11. The Bertz CT molecular complexity index is 991. The molecule has 0 saturated heterocycles. The van der Waals surface area contributed by atoms with Crippen LogP contribution in [-0.4, -0.2) is 34.6 Å². The molecule has 0 radical (unpaired) electrons. The molecule has 0 unspecified atom stereocenters. The van der Waals surface area contributed by atoms with E-state index in [0.717, 1.165) is 15.4 Å². The predicted octanol–water partition coefficient (Wildman–Crippen LogP) is 2.49. The Labute approximate surface area is 140 Å². The summed E-state index contributed by atoms with van der Waals surface area (Å²) in [6, 6.07) is 9.67. The van der Waals surface area contributed by atoms with Gasteiger partial charge in [-0.15, -0.1) is 0 Å². The number of fused-ring (bicyclic) bond motifs is 1. The van der Waals surface area contributed by atoms with Gasteiger partial charge in [-0.05, 0) is 38.1 Å². The van der Waals surface area contributed by atoms with E-state index in [0.29, 0.717) is 5.56 Å². The highest BCUT2D eigenvalue weighted by Crippen LogP contribution is 2.19. The van der Waals surface area contributed by atoms with Crippen molar-refractivity contribution in [2.75, 3.05) is 6.54 Å². The first kappa shape index (κ1) is 16.2. The molecule has 124 valence electrons. The molecule has 24 heavy (non-hydrogen) atoms. The number of amides is 1. The van der Waals surface area contributed by atoms with E-state index in [4.69, 9.17) is 0 Å². The molecule has 0 aliphatic heterocycles. The van der Waals surface area contributed by atoms with Gasteiger partial charge in [0.2, 0.25) is 0 Å². The summed E-state index contributed by atoms with van der Waals surface area (Å²) in [5.41, 5.74) is 1.99. The van der Waals surface area contributed by atoms with Crippen LogP contribution in [0.15, 0.2) is 60.0 Å². The summed E-state index contributed by atoms with van der Waals surface area (Å²) in [5, 5.41) is 0. The SMILES string of the molecule is CCN(C(=O)c1ccn2cncc2c1)S(=O)(=O)c1ccc(C)cc1. The first-order chi connectivity index (χ1) is 11.4. The monoisotopic (exact) mass is 343 g/mol. The first-order valence-corrected chi connectivity index (χ1v) is 8.93. The maximum absolute atomic E-state index is 12.8. The number of hydrogen-bond donors (Lipinski definition) is 0. The number of carbonyl (C=O) groups is 1. The number of aryl methyl sites for hydroxylation is 1. The molecule has 3 aromatic rings. The van der Waals surface area contributed by atoms with Crippen LogP contribution >= 0.6 is 0 Å². The molecule has 2 heterocycles. The van der Waals surface area contributed by atoms with Crippen molar-refractivity contribution in [2.45, 2.75) is 18.7 Å². The van der Waals surface area contributed by atoms with E-state index in [1.807, 2.05) is 6.92 Å². The number of hydrogen-bond acceptors (Lipinski definition) is 4. The van der Waals surface area contributed by atoms with Gasteiger partial charge in [0.25, 0.3) is 15.9 Å². The zero-order chi connectivity index (χ0) is 17.3. The number of imidazole rings is 1. The highest BCUT2D eigenvalue weighted by Gasteiger charge is 2.28. The number of nitrogens with zero attached hydrogens (tertiary/aromatic N) is 3. The summed E-state index contributed by atoms with van der Waals surface area (Å²) in [6.07, 6.45) is 4.91. The van der Waals surface area contributed by atoms with E-state index in [9.17, 15) is 13.2 Å². The van der Waals surface area contributed by atoms with E-state index in [2.05, 4.69) is 4.98 Å². The smallest absolute Gasteiger partial charge is 0.267 e. The molecular weight excluding hydrogens is 326 g/mol. The number of rotatable bonds is 4. The van der Waals surface area contributed by atoms with Gasteiger partial charge in [0, 0.05) is 18.3 Å². The highest BCUT2D eigenvalue weighted by atomic mass is 32.2. The van der Waals surface area contributed by atoms with Crippen LogP contribution in [0.4, 0.5) is 0 Å². The molecule has 7 heteroatoms. The minimum absolute atomic E-state index is 0.0550. The number of carbonyl (C=O) groups excluding carboxylic acids is 1. The molecule has 0 N–H and O–H groups in total. The lowest BCUT2D eigenvalue weighted by molar-refractivity contribution is 0.0866. The molecule has 0 bridgehead atoms. The fraction of sp³-hybridized carbons (Fsp3) is 0.176. The summed E-state index contributed by atoms with van der Waals surface area (Å²) in [5.74, 6) is -0.554. The molecule has 6 nitrogen and oxygen atoms in total. The lowest BCUT2D eigenvalue weighted by Crippen LogP contribution is -2.36. The molecule has 0 fully saturated rings. The normalized spacial score (nSPS) is 11.6. The molecule has 1 aromatic carbocycles. The quantitative estimate of drug-likeness (QED) is 0.730. The van der Waals surface area contributed by atoms with E-state index in [1.54, 1.807) is 54.3 Å². The minimum atomic E-state index is -3.89. The van der Waals surface area contributed by atoms with Crippen molar-refractivity contribution < 1.29 is 13.2 Å².